The summed E-state index contributed by atoms with van der Waals surface area (Å²) in [5.41, 5.74) is 0. The van der Waals surface area contributed by atoms with Crippen LogP contribution in [0.2, 0.25) is 6.04 Å². The van der Waals surface area contributed by atoms with Crippen molar-refractivity contribution < 1.29 is 19.1 Å². The molecule has 0 bridgehead atoms. The van der Waals surface area contributed by atoms with Crippen LogP contribution in [-0.4, -0.2) is 29.8 Å². The molecule has 0 aliphatic carbocycles. The van der Waals surface area contributed by atoms with Crippen LogP contribution in [0.25, 0.3) is 0 Å². The van der Waals surface area contributed by atoms with E-state index < -0.39 is 8.80 Å². The molecule has 3 N–H and O–H groups in total. The van der Waals surface area contributed by atoms with E-state index in [1.807, 2.05) is 30.3 Å². The molecule has 0 heterocycles. The predicted molar refractivity (Wildman–Crippen MR) is 53.8 cm³/mol. The Hall–Kier alpha value is -0.883. The van der Waals surface area contributed by atoms with E-state index in [0.717, 1.165) is 5.75 Å². The number of rotatable bonds is 5. The monoisotopic (exact) mass is 214 g/mol. The van der Waals surface area contributed by atoms with Crippen molar-refractivity contribution in [3.05, 3.63) is 30.3 Å². The van der Waals surface area contributed by atoms with Gasteiger partial charge in [-0.2, -0.15) is 0 Å². The molecule has 1 aromatic rings. The molecule has 4 nitrogen and oxygen atoms in total. The highest BCUT2D eigenvalue weighted by molar-refractivity contribution is 6.56. The van der Waals surface area contributed by atoms with Gasteiger partial charge >= 0.3 is 8.80 Å². The lowest BCUT2D eigenvalue weighted by Gasteiger charge is -2.09. The second-order valence-electron chi connectivity index (χ2n) is 3.04. The minimum absolute atomic E-state index is 0.0137. The first-order chi connectivity index (χ1) is 6.58. The van der Waals surface area contributed by atoms with Crippen molar-refractivity contribution in [3.63, 3.8) is 0 Å². The molecule has 0 fully saturated rings. The van der Waals surface area contributed by atoms with Gasteiger partial charge in [-0.15, -0.1) is 0 Å². The molecule has 5 heteroatoms. The van der Waals surface area contributed by atoms with Crippen molar-refractivity contribution in [2.45, 2.75) is 12.5 Å². The maximum atomic E-state index is 8.71. The molecule has 0 amide bonds. The Morgan fingerprint density at radius 2 is 1.71 bits per heavy atom. The van der Waals surface area contributed by atoms with Crippen LogP contribution >= 0.6 is 0 Å². The lowest BCUT2D eigenvalue weighted by atomic mass is 10.3. The molecule has 0 unspecified atom stereocenters. The van der Waals surface area contributed by atoms with Gasteiger partial charge in [-0.25, -0.2) is 0 Å². The Morgan fingerprint density at radius 1 is 1.07 bits per heavy atom. The first-order valence-electron chi connectivity index (χ1n) is 4.43. The number of benzene rings is 1. The zero-order valence-electron chi connectivity index (χ0n) is 7.76. The van der Waals surface area contributed by atoms with Gasteiger partial charge in [0.1, 0.15) is 5.75 Å². The third-order valence-corrected chi connectivity index (χ3v) is 2.69. The Kier molecular flexibility index (Phi) is 4.09. The highest BCUT2D eigenvalue weighted by Crippen LogP contribution is 2.09. The van der Waals surface area contributed by atoms with Crippen molar-refractivity contribution in [3.8, 4) is 5.75 Å². The lowest BCUT2D eigenvalue weighted by molar-refractivity contribution is 0.219. The SMILES string of the molecule is O[Si](O)(O)CCCOc1ccccc1. The summed E-state index contributed by atoms with van der Waals surface area (Å²) in [6.07, 6.45) is 0.435. The van der Waals surface area contributed by atoms with Crippen molar-refractivity contribution in [2.75, 3.05) is 6.61 Å². The number of para-hydroxylation sites is 1. The van der Waals surface area contributed by atoms with E-state index >= 15 is 0 Å². The van der Waals surface area contributed by atoms with Crippen LogP contribution in [-0.2, 0) is 0 Å². The molecule has 0 aromatic heterocycles. The predicted octanol–water partition coefficient (Wildman–Crippen LogP) is 0.371. The third kappa shape index (κ3) is 4.98. The average molecular weight is 214 g/mol. The molecule has 0 saturated heterocycles. The largest absolute Gasteiger partial charge is 0.494 e. The molecular weight excluding hydrogens is 200 g/mol. The minimum Gasteiger partial charge on any atom is -0.494 e. The normalized spacial score (nSPS) is 11.4. The van der Waals surface area contributed by atoms with Crippen LogP contribution in [0.15, 0.2) is 30.3 Å². The van der Waals surface area contributed by atoms with Crippen molar-refractivity contribution in [1.29, 1.82) is 0 Å². The molecule has 0 atom stereocenters. The topological polar surface area (TPSA) is 69.9 Å². The zero-order valence-corrected chi connectivity index (χ0v) is 8.76. The van der Waals surface area contributed by atoms with Crippen LogP contribution in [0, 0.1) is 0 Å². The molecule has 0 spiro atoms. The van der Waals surface area contributed by atoms with E-state index in [4.69, 9.17) is 19.1 Å². The van der Waals surface area contributed by atoms with Crippen LogP contribution in [0.3, 0.4) is 0 Å². The summed E-state index contributed by atoms with van der Waals surface area (Å²) in [5.74, 6) is 0.744. The zero-order chi connectivity index (χ0) is 10.4. The first-order valence-corrected chi connectivity index (χ1v) is 6.48. The van der Waals surface area contributed by atoms with E-state index in [-0.39, 0.29) is 6.04 Å². The van der Waals surface area contributed by atoms with Crippen molar-refractivity contribution in [2.24, 2.45) is 0 Å². The first kappa shape index (κ1) is 11.2. The lowest BCUT2D eigenvalue weighted by Crippen LogP contribution is -2.34. The smallest absolute Gasteiger partial charge is 0.492 e. The van der Waals surface area contributed by atoms with Gasteiger partial charge in [-0.05, 0) is 18.6 Å². The standard InChI is InChI=1S/C9H14O4Si/c10-14(11,12)8-4-7-13-9-5-2-1-3-6-9/h1-3,5-6,10-12H,4,7-8H2. The molecular formula is C9H14O4Si. The van der Waals surface area contributed by atoms with E-state index in [1.54, 1.807) is 0 Å². The number of ether oxygens (including phenoxy) is 1. The highest BCUT2D eigenvalue weighted by atomic mass is 28.4. The Morgan fingerprint density at radius 3 is 2.29 bits per heavy atom. The summed E-state index contributed by atoms with van der Waals surface area (Å²) in [6, 6.07) is 9.26. The Labute approximate surface area is 83.8 Å². The molecule has 0 radical (unpaired) electrons. The van der Waals surface area contributed by atoms with Crippen LogP contribution in [0.4, 0.5) is 0 Å². The van der Waals surface area contributed by atoms with Gasteiger partial charge < -0.3 is 19.1 Å². The molecule has 14 heavy (non-hydrogen) atoms. The van der Waals surface area contributed by atoms with E-state index in [2.05, 4.69) is 0 Å². The molecule has 1 aromatic carbocycles. The summed E-state index contributed by atoms with van der Waals surface area (Å²) in [5, 5.41) is 0. The fourth-order valence-electron chi connectivity index (χ4n) is 1.02. The third-order valence-electron chi connectivity index (χ3n) is 1.67. The van der Waals surface area contributed by atoms with Crippen molar-refractivity contribution in [1.82, 2.24) is 0 Å². The van der Waals surface area contributed by atoms with Crippen LogP contribution in [0.1, 0.15) is 6.42 Å². The van der Waals surface area contributed by atoms with E-state index in [0.29, 0.717) is 13.0 Å². The van der Waals surface area contributed by atoms with Crippen LogP contribution in [0.5, 0.6) is 5.75 Å². The van der Waals surface area contributed by atoms with Gasteiger partial charge in [0, 0.05) is 6.04 Å². The van der Waals surface area contributed by atoms with Crippen molar-refractivity contribution >= 4 is 8.80 Å². The van der Waals surface area contributed by atoms with Gasteiger partial charge in [0.15, 0.2) is 0 Å². The van der Waals surface area contributed by atoms with Gasteiger partial charge in [-0.1, -0.05) is 18.2 Å². The molecule has 0 aliphatic heterocycles. The second kappa shape index (κ2) is 5.11. The quantitative estimate of drug-likeness (QED) is 0.489. The molecule has 1 rings (SSSR count). The number of hydrogen-bond acceptors (Lipinski definition) is 4. The van der Waals surface area contributed by atoms with Gasteiger partial charge in [0.25, 0.3) is 0 Å². The summed E-state index contributed by atoms with van der Waals surface area (Å²) >= 11 is 0. The molecule has 0 saturated carbocycles. The van der Waals surface area contributed by atoms with E-state index in [1.165, 1.54) is 0 Å². The summed E-state index contributed by atoms with van der Waals surface area (Å²) in [4.78, 5) is 26.1. The Balaban J connectivity index is 2.17. The average Bonchev–Trinajstić information content (AvgIpc) is 2.13. The maximum Gasteiger partial charge on any atom is 0.492 e. The summed E-state index contributed by atoms with van der Waals surface area (Å²) in [7, 11) is -3.88. The maximum absolute atomic E-state index is 8.71. The van der Waals surface area contributed by atoms with E-state index in [9.17, 15) is 0 Å². The second-order valence-corrected chi connectivity index (χ2v) is 5.09. The van der Waals surface area contributed by atoms with Crippen LogP contribution < -0.4 is 4.74 Å². The Bertz CT molecular complexity index is 257. The summed E-state index contributed by atoms with van der Waals surface area (Å²) in [6.45, 7) is 0.375. The minimum atomic E-state index is -3.88. The summed E-state index contributed by atoms with van der Waals surface area (Å²) < 4.78 is 5.29. The highest BCUT2D eigenvalue weighted by Gasteiger charge is 2.25. The van der Waals surface area contributed by atoms with Gasteiger partial charge in [0.2, 0.25) is 0 Å². The number of hydrogen-bond donors (Lipinski definition) is 3. The molecule has 78 valence electrons. The fourth-order valence-corrected chi connectivity index (χ4v) is 1.63. The fraction of sp³-hybridized carbons (Fsp3) is 0.333. The van der Waals surface area contributed by atoms with Gasteiger partial charge in [0.05, 0.1) is 6.61 Å². The van der Waals surface area contributed by atoms with Gasteiger partial charge in [-0.3, -0.25) is 0 Å². The molecule has 0 aliphatic rings.